The smallest absolute Gasteiger partial charge is 0.221 e. The highest BCUT2D eigenvalue weighted by Gasteiger charge is 2.26. The second-order valence-corrected chi connectivity index (χ2v) is 7.81. The van der Waals surface area contributed by atoms with Crippen LogP contribution < -0.4 is 10.1 Å². The van der Waals surface area contributed by atoms with Gasteiger partial charge in [0, 0.05) is 25.9 Å². The third-order valence-corrected chi connectivity index (χ3v) is 5.85. The first-order chi connectivity index (χ1) is 14.5. The highest BCUT2D eigenvalue weighted by atomic mass is 19.1. The first-order valence-electron chi connectivity index (χ1n) is 10.2. The Morgan fingerprint density at radius 3 is 2.80 bits per heavy atom. The fraction of sp³-hybridized carbons (Fsp3) is 0.333. The monoisotopic (exact) mass is 407 g/mol. The number of amides is 1. The van der Waals surface area contributed by atoms with E-state index in [1.165, 1.54) is 23.3 Å². The zero-order valence-electron chi connectivity index (χ0n) is 17.3. The first kappa shape index (κ1) is 20.1. The zero-order chi connectivity index (χ0) is 21.1. The van der Waals surface area contributed by atoms with Crippen molar-refractivity contribution in [2.24, 2.45) is 7.05 Å². The van der Waals surface area contributed by atoms with E-state index < -0.39 is 6.04 Å². The van der Waals surface area contributed by atoms with Crippen molar-refractivity contribution < 1.29 is 13.9 Å². The van der Waals surface area contributed by atoms with Gasteiger partial charge in [-0.05, 0) is 66.1 Å². The Morgan fingerprint density at radius 2 is 2.10 bits per heavy atom. The van der Waals surface area contributed by atoms with Crippen LogP contribution in [0.15, 0.2) is 54.9 Å². The van der Waals surface area contributed by atoms with Crippen LogP contribution in [0.1, 0.15) is 53.7 Å². The van der Waals surface area contributed by atoms with E-state index in [1.54, 1.807) is 25.4 Å². The molecule has 5 nitrogen and oxygen atoms in total. The topological polar surface area (TPSA) is 56.1 Å². The maximum Gasteiger partial charge on any atom is 0.221 e. The Hall–Kier alpha value is -3.15. The van der Waals surface area contributed by atoms with Gasteiger partial charge in [-0.3, -0.25) is 4.79 Å². The molecule has 0 saturated carbocycles. The molecule has 6 heteroatoms. The number of methoxy groups -OCH3 is 1. The molecule has 2 atom stereocenters. The van der Waals surface area contributed by atoms with E-state index in [1.807, 2.05) is 23.9 Å². The summed E-state index contributed by atoms with van der Waals surface area (Å²) in [5.41, 5.74) is 3.29. The fourth-order valence-electron chi connectivity index (χ4n) is 4.28. The van der Waals surface area contributed by atoms with Crippen molar-refractivity contribution >= 4 is 5.91 Å². The van der Waals surface area contributed by atoms with Crippen LogP contribution in [0, 0.1) is 5.82 Å². The molecule has 0 spiro atoms. The Labute approximate surface area is 175 Å². The summed E-state index contributed by atoms with van der Waals surface area (Å²) in [5.74, 6) is 1.39. The standard InChI is InChI=1S/C24H26FN3O2/c1-28-13-12-26-24(28)23(16-6-8-19(25)9-7-16)27-22(29)15-18-5-3-4-17-14-20(30-2)10-11-21(17)18/h6-14,18,23H,3-5,15H2,1-2H3,(H,27,29). The molecule has 0 bridgehead atoms. The third-order valence-electron chi connectivity index (χ3n) is 5.85. The van der Waals surface area contributed by atoms with Gasteiger partial charge in [-0.1, -0.05) is 18.2 Å². The lowest BCUT2D eigenvalue weighted by molar-refractivity contribution is -0.122. The highest BCUT2D eigenvalue weighted by molar-refractivity contribution is 5.78. The van der Waals surface area contributed by atoms with Crippen LogP contribution in [0.4, 0.5) is 4.39 Å². The maximum absolute atomic E-state index is 13.4. The summed E-state index contributed by atoms with van der Waals surface area (Å²) in [6.07, 6.45) is 6.98. The predicted molar refractivity (Wildman–Crippen MR) is 113 cm³/mol. The van der Waals surface area contributed by atoms with Gasteiger partial charge in [0.15, 0.2) is 0 Å². The van der Waals surface area contributed by atoms with Crippen molar-refractivity contribution in [3.05, 3.63) is 83.2 Å². The van der Waals surface area contributed by atoms with E-state index in [2.05, 4.69) is 22.4 Å². The van der Waals surface area contributed by atoms with Crippen molar-refractivity contribution in [3.63, 3.8) is 0 Å². The molecule has 4 rings (SSSR count). The second kappa shape index (κ2) is 8.69. The summed E-state index contributed by atoms with van der Waals surface area (Å²) in [6.45, 7) is 0. The summed E-state index contributed by atoms with van der Waals surface area (Å²) in [4.78, 5) is 17.5. The van der Waals surface area contributed by atoms with Crippen LogP contribution in [0.25, 0.3) is 0 Å². The number of rotatable bonds is 6. The predicted octanol–water partition coefficient (Wildman–Crippen LogP) is 4.28. The molecule has 1 N–H and O–H groups in total. The van der Waals surface area contributed by atoms with Crippen LogP contribution in [-0.4, -0.2) is 22.6 Å². The molecule has 0 aliphatic heterocycles. The molecular weight excluding hydrogens is 381 g/mol. The van der Waals surface area contributed by atoms with Gasteiger partial charge >= 0.3 is 0 Å². The molecular formula is C24H26FN3O2. The number of carbonyl (C=O) groups excluding carboxylic acids is 1. The van der Waals surface area contributed by atoms with Gasteiger partial charge in [-0.15, -0.1) is 0 Å². The molecule has 0 fully saturated rings. The van der Waals surface area contributed by atoms with Crippen molar-refractivity contribution in [2.45, 2.75) is 37.6 Å². The van der Waals surface area contributed by atoms with Crippen LogP contribution in [-0.2, 0) is 18.3 Å². The molecule has 3 aromatic rings. The van der Waals surface area contributed by atoms with Crippen molar-refractivity contribution in [2.75, 3.05) is 7.11 Å². The molecule has 1 aliphatic rings. The molecule has 0 radical (unpaired) electrons. The second-order valence-electron chi connectivity index (χ2n) is 7.81. The van der Waals surface area contributed by atoms with Gasteiger partial charge in [0.05, 0.1) is 7.11 Å². The number of imidazole rings is 1. The number of aryl methyl sites for hydroxylation is 2. The molecule has 1 aromatic heterocycles. The Morgan fingerprint density at radius 1 is 1.30 bits per heavy atom. The van der Waals surface area contributed by atoms with Crippen LogP contribution >= 0.6 is 0 Å². The lowest BCUT2D eigenvalue weighted by atomic mass is 9.81. The SMILES string of the molecule is COc1ccc2c(c1)CCCC2CC(=O)NC(c1ccc(F)cc1)c1nccn1C. The van der Waals surface area contributed by atoms with E-state index in [0.29, 0.717) is 12.2 Å². The first-order valence-corrected chi connectivity index (χ1v) is 10.2. The summed E-state index contributed by atoms with van der Waals surface area (Å²) >= 11 is 0. The number of carbonyl (C=O) groups is 1. The van der Waals surface area contributed by atoms with Gasteiger partial charge in [0.25, 0.3) is 0 Å². The molecule has 30 heavy (non-hydrogen) atoms. The number of hydrogen-bond acceptors (Lipinski definition) is 3. The van der Waals surface area contributed by atoms with Gasteiger partial charge in [-0.25, -0.2) is 9.37 Å². The van der Waals surface area contributed by atoms with E-state index >= 15 is 0 Å². The Bertz CT molecular complexity index is 1030. The quantitative estimate of drug-likeness (QED) is 0.663. The largest absolute Gasteiger partial charge is 0.497 e. The van der Waals surface area contributed by atoms with E-state index in [4.69, 9.17) is 4.74 Å². The van der Waals surface area contributed by atoms with Crippen molar-refractivity contribution in [3.8, 4) is 5.75 Å². The number of nitrogens with one attached hydrogen (secondary N) is 1. The lowest BCUT2D eigenvalue weighted by Crippen LogP contribution is -2.32. The van der Waals surface area contributed by atoms with Gasteiger partial charge < -0.3 is 14.6 Å². The molecule has 2 aromatic carbocycles. The molecule has 0 saturated heterocycles. The number of benzene rings is 2. The highest BCUT2D eigenvalue weighted by Crippen LogP contribution is 2.36. The van der Waals surface area contributed by atoms with Gasteiger partial charge in [-0.2, -0.15) is 0 Å². The van der Waals surface area contributed by atoms with Crippen LogP contribution in [0.5, 0.6) is 5.75 Å². The van der Waals surface area contributed by atoms with Crippen molar-refractivity contribution in [1.82, 2.24) is 14.9 Å². The number of ether oxygens (including phenoxy) is 1. The normalized spacial score (nSPS) is 16.6. The number of fused-ring (bicyclic) bond motifs is 1. The van der Waals surface area contributed by atoms with Crippen molar-refractivity contribution in [1.29, 1.82) is 0 Å². The minimum atomic E-state index is -0.433. The summed E-state index contributed by atoms with van der Waals surface area (Å²) in [7, 11) is 3.55. The van der Waals surface area contributed by atoms with Gasteiger partial charge in [0.1, 0.15) is 23.4 Å². The fourth-order valence-corrected chi connectivity index (χ4v) is 4.28. The zero-order valence-corrected chi connectivity index (χ0v) is 17.3. The molecule has 1 amide bonds. The van der Waals surface area contributed by atoms with Crippen LogP contribution in [0.2, 0.25) is 0 Å². The maximum atomic E-state index is 13.4. The number of nitrogens with zero attached hydrogens (tertiary/aromatic N) is 2. The third kappa shape index (κ3) is 4.22. The summed E-state index contributed by atoms with van der Waals surface area (Å²) in [6, 6.07) is 11.9. The summed E-state index contributed by atoms with van der Waals surface area (Å²) < 4.78 is 20.6. The average Bonchev–Trinajstić information content (AvgIpc) is 3.18. The molecule has 1 heterocycles. The molecule has 1 aliphatic carbocycles. The van der Waals surface area contributed by atoms with E-state index in [9.17, 15) is 9.18 Å². The number of halogens is 1. The van der Waals surface area contributed by atoms with E-state index in [0.717, 1.165) is 30.6 Å². The number of hydrogen-bond donors (Lipinski definition) is 1. The molecule has 2 unspecified atom stereocenters. The minimum Gasteiger partial charge on any atom is -0.497 e. The Balaban J connectivity index is 1.54. The number of aromatic nitrogens is 2. The molecule has 156 valence electrons. The van der Waals surface area contributed by atoms with E-state index in [-0.39, 0.29) is 17.6 Å². The average molecular weight is 407 g/mol. The Kier molecular flexibility index (Phi) is 5.84. The van der Waals surface area contributed by atoms with Gasteiger partial charge in [0.2, 0.25) is 5.91 Å². The minimum absolute atomic E-state index is 0.0407. The lowest BCUT2D eigenvalue weighted by Gasteiger charge is -2.26. The van der Waals surface area contributed by atoms with Crippen LogP contribution in [0.3, 0.4) is 0 Å². The summed E-state index contributed by atoms with van der Waals surface area (Å²) in [5, 5.41) is 3.13.